The molecule has 1 N–H and O–H groups in total. The van der Waals surface area contributed by atoms with Crippen LogP contribution in [0.2, 0.25) is 5.02 Å². The largest absolute Gasteiger partial charge is 0.478 e. The van der Waals surface area contributed by atoms with Crippen LogP contribution in [-0.4, -0.2) is 16.1 Å². The summed E-state index contributed by atoms with van der Waals surface area (Å²) in [6, 6.07) is 10.6. The van der Waals surface area contributed by atoms with Crippen LogP contribution in [0.5, 0.6) is 0 Å². The number of hydrogen-bond donors (Lipinski definition) is 1. The molecule has 0 aliphatic heterocycles. The number of aromatic carboxylic acids is 1. The van der Waals surface area contributed by atoms with Crippen LogP contribution < -0.4 is 0 Å². The van der Waals surface area contributed by atoms with Crippen molar-refractivity contribution in [3.63, 3.8) is 0 Å². The number of pyridine rings is 1. The molecule has 0 aliphatic rings. The first-order valence-corrected chi connectivity index (χ1v) is 7.64. The predicted molar refractivity (Wildman–Crippen MR) is 85.5 cm³/mol. The Morgan fingerprint density at radius 3 is 2.33 bits per heavy atom. The number of benzene rings is 1. The minimum atomic E-state index is -0.944. The summed E-state index contributed by atoms with van der Waals surface area (Å²) in [5.74, 6) is -0.944. The van der Waals surface area contributed by atoms with Crippen molar-refractivity contribution in [2.45, 2.75) is 36.1 Å². The Kier molecular flexibility index (Phi) is 4.59. The molecule has 0 unspecified atom stereocenters. The van der Waals surface area contributed by atoms with Crippen molar-refractivity contribution in [3.05, 3.63) is 52.7 Å². The van der Waals surface area contributed by atoms with E-state index in [1.54, 1.807) is 24.3 Å². The molecule has 0 radical (unpaired) electrons. The van der Waals surface area contributed by atoms with Crippen LogP contribution in [0.15, 0.2) is 46.3 Å². The lowest BCUT2D eigenvalue weighted by atomic mass is 9.91. The summed E-state index contributed by atoms with van der Waals surface area (Å²) in [5, 5.41) is 10.6. The van der Waals surface area contributed by atoms with Crippen LogP contribution in [-0.2, 0) is 5.41 Å². The number of carbonyl (C=O) groups is 1. The van der Waals surface area contributed by atoms with Gasteiger partial charge in [0, 0.05) is 21.0 Å². The summed E-state index contributed by atoms with van der Waals surface area (Å²) in [6.45, 7) is 6.03. The van der Waals surface area contributed by atoms with Gasteiger partial charge >= 0.3 is 5.97 Å². The molecule has 5 heteroatoms. The minimum Gasteiger partial charge on any atom is -0.478 e. The maximum absolute atomic E-state index is 11.3. The third-order valence-corrected chi connectivity index (χ3v) is 4.03. The number of halogens is 1. The van der Waals surface area contributed by atoms with E-state index in [9.17, 15) is 9.90 Å². The summed E-state index contributed by atoms with van der Waals surface area (Å²) in [5.41, 5.74) is 0.811. The lowest BCUT2D eigenvalue weighted by Gasteiger charge is -2.19. The second-order valence-electron chi connectivity index (χ2n) is 5.69. The van der Waals surface area contributed by atoms with Crippen LogP contribution in [0.1, 0.15) is 36.8 Å². The number of nitrogens with zero attached hydrogens (tertiary/aromatic N) is 1. The number of carboxylic acids is 1. The molecule has 0 saturated heterocycles. The highest BCUT2D eigenvalue weighted by molar-refractivity contribution is 7.99. The first-order valence-electron chi connectivity index (χ1n) is 6.45. The van der Waals surface area contributed by atoms with Crippen molar-refractivity contribution in [2.75, 3.05) is 0 Å². The van der Waals surface area contributed by atoms with Gasteiger partial charge in [-0.2, -0.15) is 0 Å². The van der Waals surface area contributed by atoms with Crippen LogP contribution in [0.3, 0.4) is 0 Å². The number of hydrogen-bond acceptors (Lipinski definition) is 3. The topological polar surface area (TPSA) is 50.2 Å². The zero-order valence-corrected chi connectivity index (χ0v) is 13.6. The third kappa shape index (κ3) is 4.22. The minimum absolute atomic E-state index is 0.208. The van der Waals surface area contributed by atoms with Crippen molar-refractivity contribution < 1.29 is 9.90 Å². The Morgan fingerprint density at radius 1 is 1.19 bits per heavy atom. The van der Waals surface area contributed by atoms with E-state index in [0.717, 1.165) is 10.6 Å². The summed E-state index contributed by atoms with van der Waals surface area (Å²) >= 11 is 7.29. The van der Waals surface area contributed by atoms with E-state index in [-0.39, 0.29) is 11.0 Å². The van der Waals surface area contributed by atoms with Crippen molar-refractivity contribution in [2.24, 2.45) is 0 Å². The van der Waals surface area contributed by atoms with E-state index in [4.69, 9.17) is 11.6 Å². The van der Waals surface area contributed by atoms with Gasteiger partial charge < -0.3 is 5.11 Å². The molecule has 21 heavy (non-hydrogen) atoms. The molecule has 2 aromatic rings. The molecule has 1 heterocycles. The van der Waals surface area contributed by atoms with E-state index in [2.05, 4.69) is 4.98 Å². The Labute approximate surface area is 133 Å². The second kappa shape index (κ2) is 6.08. The normalized spacial score (nSPS) is 11.4. The predicted octanol–water partition coefficient (Wildman–Crippen LogP) is 4.88. The van der Waals surface area contributed by atoms with E-state index in [1.165, 1.54) is 11.8 Å². The molecule has 0 amide bonds. The highest BCUT2D eigenvalue weighted by atomic mass is 35.5. The van der Waals surface area contributed by atoms with Gasteiger partial charge in [-0.05, 0) is 36.4 Å². The van der Waals surface area contributed by atoms with Gasteiger partial charge in [-0.15, -0.1) is 0 Å². The molecule has 0 atom stereocenters. The van der Waals surface area contributed by atoms with Gasteiger partial charge in [0.05, 0.1) is 5.56 Å². The van der Waals surface area contributed by atoms with Gasteiger partial charge in [-0.1, -0.05) is 44.1 Å². The summed E-state index contributed by atoms with van der Waals surface area (Å²) < 4.78 is 0. The third-order valence-electron chi connectivity index (χ3n) is 2.85. The lowest BCUT2D eigenvalue weighted by Crippen LogP contribution is -2.15. The van der Waals surface area contributed by atoms with Gasteiger partial charge in [-0.25, -0.2) is 9.78 Å². The fourth-order valence-corrected chi connectivity index (χ4v) is 2.66. The Bertz CT molecular complexity index is 663. The van der Waals surface area contributed by atoms with Crippen molar-refractivity contribution in [3.8, 4) is 0 Å². The molecular weight excluding hydrogens is 306 g/mol. The summed E-state index contributed by atoms with van der Waals surface area (Å²) in [6.07, 6.45) is 0. The molecule has 2 rings (SSSR count). The molecule has 0 saturated carbocycles. The van der Waals surface area contributed by atoms with Gasteiger partial charge in [0.15, 0.2) is 0 Å². The Morgan fingerprint density at radius 2 is 1.81 bits per heavy atom. The van der Waals surface area contributed by atoms with E-state index >= 15 is 0 Å². The molecule has 0 aliphatic carbocycles. The maximum atomic E-state index is 11.3. The Hall–Kier alpha value is -1.52. The van der Waals surface area contributed by atoms with Crippen molar-refractivity contribution in [1.82, 2.24) is 4.98 Å². The van der Waals surface area contributed by atoms with Gasteiger partial charge in [0.2, 0.25) is 0 Å². The van der Waals surface area contributed by atoms with Crippen LogP contribution in [0.4, 0.5) is 0 Å². The average molecular weight is 322 g/mol. The SMILES string of the molecule is CC(C)(C)c1cc(C(=O)O)cc(Sc2ccc(Cl)cc2)n1. The zero-order chi connectivity index (χ0) is 15.6. The molecule has 1 aromatic heterocycles. The molecule has 1 aromatic carbocycles. The first-order chi connectivity index (χ1) is 9.75. The molecular formula is C16H16ClNO2S. The number of aromatic nitrogens is 1. The first kappa shape index (κ1) is 15.9. The van der Waals surface area contributed by atoms with Crippen LogP contribution in [0, 0.1) is 0 Å². The quantitative estimate of drug-likeness (QED) is 0.875. The van der Waals surface area contributed by atoms with Crippen molar-refractivity contribution in [1.29, 1.82) is 0 Å². The number of carboxylic acid groups (broad SMARTS) is 1. The maximum Gasteiger partial charge on any atom is 0.335 e. The monoisotopic (exact) mass is 321 g/mol. The molecule has 0 spiro atoms. The molecule has 0 fully saturated rings. The Balaban J connectivity index is 2.40. The summed E-state index contributed by atoms with van der Waals surface area (Å²) in [4.78, 5) is 16.8. The van der Waals surface area contributed by atoms with E-state index in [0.29, 0.717) is 10.0 Å². The number of rotatable bonds is 3. The highest BCUT2D eigenvalue weighted by Gasteiger charge is 2.19. The second-order valence-corrected chi connectivity index (χ2v) is 7.22. The molecule has 110 valence electrons. The van der Waals surface area contributed by atoms with E-state index in [1.807, 2.05) is 32.9 Å². The fourth-order valence-electron chi connectivity index (χ4n) is 1.69. The lowest BCUT2D eigenvalue weighted by molar-refractivity contribution is 0.0696. The average Bonchev–Trinajstić information content (AvgIpc) is 2.40. The standard InChI is InChI=1S/C16H16ClNO2S/c1-16(2,3)13-8-10(15(19)20)9-14(18-13)21-12-6-4-11(17)5-7-12/h4-9H,1-3H3,(H,19,20). The highest BCUT2D eigenvalue weighted by Crippen LogP contribution is 2.30. The van der Waals surface area contributed by atoms with Gasteiger partial charge in [-0.3, -0.25) is 0 Å². The van der Waals surface area contributed by atoms with Crippen molar-refractivity contribution >= 4 is 29.3 Å². The smallest absolute Gasteiger partial charge is 0.335 e. The van der Waals surface area contributed by atoms with Gasteiger partial charge in [0.1, 0.15) is 5.03 Å². The van der Waals surface area contributed by atoms with Gasteiger partial charge in [0.25, 0.3) is 0 Å². The molecule has 3 nitrogen and oxygen atoms in total. The zero-order valence-electron chi connectivity index (χ0n) is 12.1. The van der Waals surface area contributed by atoms with E-state index < -0.39 is 5.97 Å². The molecule has 0 bridgehead atoms. The van der Waals surface area contributed by atoms with Crippen LogP contribution >= 0.6 is 23.4 Å². The summed E-state index contributed by atoms with van der Waals surface area (Å²) in [7, 11) is 0. The fraction of sp³-hybridized carbons (Fsp3) is 0.250. The van der Waals surface area contributed by atoms with Crippen LogP contribution in [0.25, 0.3) is 0 Å².